The van der Waals surface area contributed by atoms with Crippen LogP contribution in [0.3, 0.4) is 0 Å². The van der Waals surface area contributed by atoms with Crippen molar-refractivity contribution in [2.24, 2.45) is 5.92 Å². The normalized spacial score (nSPS) is 28.3. The molecule has 1 atom stereocenters. The van der Waals surface area contributed by atoms with E-state index in [4.69, 9.17) is 9.47 Å². The molecule has 3 aliphatic rings. The first-order chi connectivity index (χ1) is 12.8. The zero-order valence-electron chi connectivity index (χ0n) is 14.5. The van der Waals surface area contributed by atoms with E-state index in [1.807, 2.05) is 0 Å². The number of rotatable bonds is 2. The Labute approximate surface area is 153 Å². The van der Waals surface area contributed by atoms with Crippen LogP contribution >= 0.6 is 0 Å². The summed E-state index contributed by atoms with van der Waals surface area (Å²) in [5.41, 5.74) is -1.43. The van der Waals surface area contributed by atoms with Crippen LogP contribution in [-0.2, 0) is 19.1 Å². The van der Waals surface area contributed by atoms with Gasteiger partial charge in [0.15, 0.2) is 0 Å². The van der Waals surface area contributed by atoms with Gasteiger partial charge in [-0.15, -0.1) is 0 Å². The lowest BCUT2D eigenvalue weighted by Crippen LogP contribution is -2.66. The number of hydrogen-bond donors (Lipinski definition) is 0. The van der Waals surface area contributed by atoms with Gasteiger partial charge in [-0.25, -0.2) is 4.39 Å². The monoisotopic (exact) mass is 384 g/mol. The Balaban J connectivity index is 1.64. The minimum Gasteiger partial charge on any atom is -0.376 e. The molecule has 1 saturated carbocycles. The maximum atomic E-state index is 14.4. The van der Waals surface area contributed by atoms with Gasteiger partial charge >= 0.3 is 12.0 Å². The van der Waals surface area contributed by atoms with Crippen molar-refractivity contribution in [2.45, 2.75) is 24.6 Å². The fourth-order valence-electron chi connectivity index (χ4n) is 3.53. The Morgan fingerprint density at radius 3 is 2.52 bits per heavy atom. The molecule has 2 amide bonds. The molecule has 9 heteroatoms. The molecule has 1 unspecified atom stereocenters. The van der Waals surface area contributed by atoms with Crippen molar-refractivity contribution in [2.75, 3.05) is 37.7 Å². The number of alkyl halides is 2. The van der Waals surface area contributed by atoms with Crippen LogP contribution < -0.4 is 4.90 Å². The second-order valence-corrected chi connectivity index (χ2v) is 7.26. The predicted octanol–water partition coefficient (Wildman–Crippen LogP) is 1.79. The van der Waals surface area contributed by atoms with Crippen LogP contribution in [0.4, 0.5) is 18.9 Å². The van der Waals surface area contributed by atoms with Crippen molar-refractivity contribution >= 4 is 17.5 Å². The van der Waals surface area contributed by atoms with Crippen molar-refractivity contribution in [3.05, 3.63) is 30.1 Å². The van der Waals surface area contributed by atoms with Gasteiger partial charge in [0.1, 0.15) is 11.4 Å². The van der Waals surface area contributed by atoms with E-state index < -0.39 is 23.4 Å². The lowest BCUT2D eigenvalue weighted by molar-refractivity contribution is -0.293. The number of carbonyl (C=O) groups excluding carboxylic acids is 2. The number of hydrogen-bond acceptors (Lipinski definition) is 4. The topological polar surface area (TPSA) is 59.1 Å². The van der Waals surface area contributed by atoms with E-state index in [-0.39, 0.29) is 50.4 Å². The largest absolute Gasteiger partial charge is 0.437 e. The van der Waals surface area contributed by atoms with Crippen LogP contribution in [0.2, 0.25) is 0 Å². The van der Waals surface area contributed by atoms with E-state index in [1.165, 1.54) is 17.0 Å². The molecule has 1 aromatic rings. The first-order valence-corrected chi connectivity index (χ1v) is 8.82. The molecule has 1 aliphatic carbocycles. The molecule has 2 aliphatic heterocycles. The molecule has 0 N–H and O–H groups in total. The summed E-state index contributed by atoms with van der Waals surface area (Å²) in [6.07, 6.45) is -2.49. The Morgan fingerprint density at radius 1 is 1.15 bits per heavy atom. The smallest absolute Gasteiger partial charge is 0.376 e. The van der Waals surface area contributed by atoms with Crippen molar-refractivity contribution in [3.8, 4) is 0 Å². The van der Waals surface area contributed by atoms with Crippen LogP contribution in [0.15, 0.2) is 24.3 Å². The second kappa shape index (κ2) is 6.49. The SMILES string of the molecule is O=C(C1CC1)N1CCOCC2(C1)CN(c1ccc(F)cc1)C(=O)C(F)(F)O2. The minimum atomic E-state index is -4.07. The molecule has 0 bridgehead atoms. The molecule has 6 nitrogen and oxygen atoms in total. The van der Waals surface area contributed by atoms with E-state index in [0.29, 0.717) is 0 Å². The summed E-state index contributed by atoms with van der Waals surface area (Å²) < 4.78 is 52.4. The maximum absolute atomic E-state index is 14.4. The number of halogens is 3. The molecule has 27 heavy (non-hydrogen) atoms. The van der Waals surface area contributed by atoms with Crippen LogP contribution in [-0.4, -0.2) is 61.3 Å². The van der Waals surface area contributed by atoms with Gasteiger partial charge in [-0.1, -0.05) is 0 Å². The number of nitrogens with zero attached hydrogens (tertiary/aromatic N) is 2. The third kappa shape index (κ3) is 3.53. The quantitative estimate of drug-likeness (QED) is 0.780. The number of benzene rings is 1. The molecule has 1 aromatic carbocycles. The van der Waals surface area contributed by atoms with Crippen molar-refractivity contribution in [1.29, 1.82) is 0 Å². The fraction of sp³-hybridized carbons (Fsp3) is 0.556. The Morgan fingerprint density at radius 2 is 1.85 bits per heavy atom. The van der Waals surface area contributed by atoms with E-state index in [9.17, 15) is 22.8 Å². The maximum Gasteiger partial charge on any atom is 0.437 e. The molecule has 146 valence electrons. The Hall–Kier alpha value is -2.13. The number of ether oxygens (including phenoxy) is 2. The minimum absolute atomic E-state index is 0.0703. The first kappa shape index (κ1) is 18.2. The summed E-state index contributed by atoms with van der Waals surface area (Å²) in [4.78, 5) is 27.0. The molecule has 4 rings (SSSR count). The van der Waals surface area contributed by atoms with Gasteiger partial charge in [-0.05, 0) is 37.1 Å². The summed E-state index contributed by atoms with van der Waals surface area (Å²) in [5, 5.41) is 0. The molecule has 1 spiro atoms. The van der Waals surface area contributed by atoms with Crippen molar-refractivity contribution in [1.82, 2.24) is 4.90 Å². The molecular formula is C18H19F3N2O4. The number of carbonyl (C=O) groups is 2. The van der Waals surface area contributed by atoms with Gasteiger partial charge in [0.25, 0.3) is 0 Å². The van der Waals surface area contributed by atoms with Crippen molar-refractivity contribution in [3.63, 3.8) is 0 Å². The highest BCUT2D eigenvalue weighted by molar-refractivity contribution is 5.98. The van der Waals surface area contributed by atoms with Crippen LogP contribution in [0, 0.1) is 11.7 Å². The van der Waals surface area contributed by atoms with Crippen LogP contribution in [0.25, 0.3) is 0 Å². The van der Waals surface area contributed by atoms with Gasteiger partial charge in [-0.3, -0.25) is 14.3 Å². The summed E-state index contributed by atoms with van der Waals surface area (Å²) in [6.45, 7) is 0.00254. The van der Waals surface area contributed by atoms with Gasteiger partial charge in [0.2, 0.25) is 5.91 Å². The highest BCUT2D eigenvalue weighted by Gasteiger charge is 2.58. The second-order valence-electron chi connectivity index (χ2n) is 7.26. The molecule has 2 heterocycles. The number of amides is 2. The number of morpholine rings is 1. The molecule has 0 radical (unpaired) electrons. The van der Waals surface area contributed by atoms with Crippen molar-refractivity contribution < 1.29 is 32.2 Å². The first-order valence-electron chi connectivity index (χ1n) is 8.82. The number of anilines is 1. The van der Waals surface area contributed by atoms with Gasteiger partial charge in [0.05, 0.1) is 26.3 Å². The van der Waals surface area contributed by atoms with Gasteiger partial charge in [0, 0.05) is 18.2 Å². The Kier molecular flexibility index (Phi) is 4.38. The fourth-order valence-corrected chi connectivity index (χ4v) is 3.53. The highest BCUT2D eigenvalue weighted by atomic mass is 19.3. The highest BCUT2D eigenvalue weighted by Crippen LogP contribution is 2.38. The van der Waals surface area contributed by atoms with E-state index in [2.05, 4.69) is 0 Å². The average molecular weight is 384 g/mol. The third-order valence-corrected chi connectivity index (χ3v) is 5.01. The van der Waals surface area contributed by atoms with Crippen LogP contribution in [0.5, 0.6) is 0 Å². The summed E-state index contributed by atoms with van der Waals surface area (Å²) >= 11 is 0. The third-order valence-electron chi connectivity index (χ3n) is 5.01. The predicted molar refractivity (Wildman–Crippen MR) is 87.6 cm³/mol. The van der Waals surface area contributed by atoms with Crippen LogP contribution in [0.1, 0.15) is 12.8 Å². The summed E-state index contributed by atoms with van der Waals surface area (Å²) in [5.74, 6) is -2.24. The lowest BCUT2D eigenvalue weighted by Gasteiger charge is -2.45. The van der Waals surface area contributed by atoms with E-state index in [1.54, 1.807) is 0 Å². The zero-order chi connectivity index (χ0) is 19.2. The molecule has 0 aromatic heterocycles. The summed E-state index contributed by atoms with van der Waals surface area (Å²) in [7, 11) is 0. The summed E-state index contributed by atoms with van der Waals surface area (Å²) in [6, 6.07) is 4.70. The van der Waals surface area contributed by atoms with Gasteiger partial charge in [-0.2, -0.15) is 8.78 Å². The van der Waals surface area contributed by atoms with E-state index in [0.717, 1.165) is 29.9 Å². The van der Waals surface area contributed by atoms with Gasteiger partial charge < -0.3 is 14.5 Å². The zero-order valence-corrected chi connectivity index (χ0v) is 14.5. The Bertz CT molecular complexity index is 753. The molecular weight excluding hydrogens is 365 g/mol. The van der Waals surface area contributed by atoms with E-state index >= 15 is 0 Å². The molecule has 2 saturated heterocycles. The lowest BCUT2D eigenvalue weighted by atomic mass is 10.00. The average Bonchev–Trinajstić information content (AvgIpc) is 3.46. The standard InChI is InChI=1S/C18H19F3N2O4/c19-13-3-5-14(6-4-13)23-10-17(27-18(20,21)16(23)25)9-22(7-8-26-11-17)15(24)12-1-2-12/h3-6,12H,1-2,7-11H2. The molecule has 3 fully saturated rings.